The number of ether oxygens (including phenoxy) is 1. The van der Waals surface area contributed by atoms with E-state index in [2.05, 4.69) is 20.3 Å². The van der Waals surface area contributed by atoms with Crippen molar-refractivity contribution in [1.29, 1.82) is 0 Å². The van der Waals surface area contributed by atoms with Gasteiger partial charge in [0.05, 0.1) is 12.5 Å². The maximum Gasteiger partial charge on any atom is 0.310 e. The van der Waals surface area contributed by atoms with Crippen molar-refractivity contribution in [2.75, 3.05) is 35.6 Å². The minimum absolute atomic E-state index is 0.159. The predicted molar refractivity (Wildman–Crippen MR) is 100 cm³/mol. The van der Waals surface area contributed by atoms with Gasteiger partial charge in [0.2, 0.25) is 0 Å². The van der Waals surface area contributed by atoms with Crippen molar-refractivity contribution in [3.05, 3.63) is 30.2 Å². The van der Waals surface area contributed by atoms with E-state index in [0.29, 0.717) is 36.3 Å². The number of carbonyl (C=O) groups excluding carboxylic acids is 1. The summed E-state index contributed by atoms with van der Waals surface area (Å²) in [6, 6.07) is 5.69. The molecule has 0 aliphatic carbocycles. The Labute approximate surface area is 152 Å². The van der Waals surface area contributed by atoms with E-state index >= 15 is 0 Å². The summed E-state index contributed by atoms with van der Waals surface area (Å²) in [5.74, 6) is 1.49. The van der Waals surface area contributed by atoms with Gasteiger partial charge in [-0.3, -0.25) is 4.79 Å². The predicted octanol–water partition coefficient (Wildman–Crippen LogP) is 2.29. The van der Waals surface area contributed by atoms with Crippen molar-refractivity contribution in [3.63, 3.8) is 0 Å². The number of nitrogens with two attached hydrogens (primary N) is 1. The molecule has 26 heavy (non-hydrogen) atoms. The number of aryl methyl sites for hydroxylation is 1. The highest BCUT2D eigenvalue weighted by atomic mass is 16.5. The maximum atomic E-state index is 12.1. The molecule has 0 saturated carbocycles. The summed E-state index contributed by atoms with van der Waals surface area (Å²) < 4.78 is 5.16. The minimum Gasteiger partial charge on any atom is -0.466 e. The molecule has 1 unspecified atom stereocenters. The number of piperidine rings is 1. The van der Waals surface area contributed by atoms with Crippen molar-refractivity contribution in [2.45, 2.75) is 26.7 Å². The van der Waals surface area contributed by atoms with Crippen molar-refractivity contribution in [2.24, 2.45) is 5.92 Å². The zero-order valence-corrected chi connectivity index (χ0v) is 15.1. The van der Waals surface area contributed by atoms with Crippen molar-refractivity contribution >= 4 is 29.1 Å². The highest BCUT2D eigenvalue weighted by molar-refractivity contribution is 5.79. The van der Waals surface area contributed by atoms with Gasteiger partial charge in [0.25, 0.3) is 0 Å². The molecule has 1 fully saturated rings. The number of nitrogen functional groups attached to an aromatic ring is 1. The molecule has 8 heteroatoms. The van der Waals surface area contributed by atoms with Gasteiger partial charge in [-0.15, -0.1) is 0 Å². The van der Waals surface area contributed by atoms with Crippen LogP contribution in [0.3, 0.4) is 0 Å². The lowest BCUT2D eigenvalue weighted by Crippen LogP contribution is -2.40. The molecular weight excluding hydrogens is 332 g/mol. The molecular formula is C18H24N6O2. The van der Waals surface area contributed by atoms with Crippen LogP contribution in [0.5, 0.6) is 0 Å². The van der Waals surface area contributed by atoms with Gasteiger partial charge < -0.3 is 20.7 Å². The summed E-state index contributed by atoms with van der Waals surface area (Å²) in [7, 11) is 0. The SMILES string of the molecule is CCOC(=O)C1CCCN(c2ncnc(Nc3cccc(C)n3)c2N)C1. The average molecular weight is 356 g/mol. The molecule has 0 amide bonds. The van der Waals surface area contributed by atoms with Gasteiger partial charge >= 0.3 is 5.97 Å². The molecule has 1 aliphatic rings. The van der Waals surface area contributed by atoms with E-state index in [0.717, 1.165) is 25.1 Å². The summed E-state index contributed by atoms with van der Waals surface area (Å²) in [5.41, 5.74) is 7.65. The molecule has 3 rings (SSSR count). The molecule has 138 valence electrons. The summed E-state index contributed by atoms with van der Waals surface area (Å²) in [6.07, 6.45) is 3.17. The Hall–Kier alpha value is -2.90. The van der Waals surface area contributed by atoms with Gasteiger partial charge in [0, 0.05) is 18.8 Å². The van der Waals surface area contributed by atoms with E-state index < -0.39 is 0 Å². The largest absolute Gasteiger partial charge is 0.466 e. The first kappa shape index (κ1) is 17.9. The summed E-state index contributed by atoms with van der Waals surface area (Å²) in [6.45, 7) is 5.46. The lowest BCUT2D eigenvalue weighted by Gasteiger charge is -2.33. The number of pyridine rings is 1. The number of nitrogens with zero attached hydrogens (tertiary/aromatic N) is 4. The molecule has 3 heterocycles. The lowest BCUT2D eigenvalue weighted by atomic mass is 9.98. The van der Waals surface area contributed by atoms with Crippen LogP contribution in [0.2, 0.25) is 0 Å². The smallest absolute Gasteiger partial charge is 0.310 e. The number of anilines is 4. The first-order chi connectivity index (χ1) is 12.6. The third-order valence-electron chi connectivity index (χ3n) is 4.34. The van der Waals surface area contributed by atoms with E-state index in [1.54, 1.807) is 0 Å². The van der Waals surface area contributed by atoms with Crippen LogP contribution in [-0.2, 0) is 9.53 Å². The summed E-state index contributed by atoms with van der Waals surface area (Å²) in [4.78, 5) is 27.1. The molecule has 0 bridgehead atoms. The second kappa shape index (κ2) is 7.99. The van der Waals surface area contributed by atoms with E-state index in [1.807, 2.05) is 36.9 Å². The Kier molecular flexibility index (Phi) is 5.50. The Bertz CT molecular complexity index is 782. The number of aromatic nitrogens is 3. The van der Waals surface area contributed by atoms with Gasteiger partial charge in [-0.2, -0.15) is 0 Å². The fourth-order valence-corrected chi connectivity index (χ4v) is 3.09. The molecule has 1 atom stereocenters. The molecule has 3 N–H and O–H groups in total. The number of carbonyl (C=O) groups is 1. The molecule has 2 aromatic rings. The van der Waals surface area contributed by atoms with Crippen molar-refractivity contribution < 1.29 is 9.53 Å². The minimum atomic E-state index is -0.160. The molecule has 8 nitrogen and oxygen atoms in total. The third kappa shape index (κ3) is 4.01. The zero-order valence-electron chi connectivity index (χ0n) is 15.1. The van der Waals surface area contributed by atoms with Crippen LogP contribution >= 0.6 is 0 Å². The summed E-state index contributed by atoms with van der Waals surface area (Å²) >= 11 is 0. The van der Waals surface area contributed by atoms with E-state index in [1.165, 1.54) is 6.33 Å². The second-order valence-corrected chi connectivity index (χ2v) is 6.29. The number of rotatable bonds is 5. The Morgan fingerprint density at radius 1 is 1.42 bits per heavy atom. The van der Waals surface area contributed by atoms with Gasteiger partial charge in [0.1, 0.15) is 17.8 Å². The van der Waals surface area contributed by atoms with Crippen LogP contribution in [-0.4, -0.2) is 40.6 Å². The quantitative estimate of drug-likeness (QED) is 0.786. The van der Waals surface area contributed by atoms with Crippen LogP contribution in [0.15, 0.2) is 24.5 Å². The van der Waals surface area contributed by atoms with Crippen molar-refractivity contribution in [3.8, 4) is 0 Å². The zero-order chi connectivity index (χ0) is 18.5. The molecule has 0 radical (unpaired) electrons. The van der Waals surface area contributed by atoms with Crippen LogP contribution in [0.25, 0.3) is 0 Å². The molecule has 1 saturated heterocycles. The van der Waals surface area contributed by atoms with Gasteiger partial charge in [0.15, 0.2) is 11.6 Å². The van der Waals surface area contributed by atoms with Gasteiger partial charge in [-0.25, -0.2) is 15.0 Å². The van der Waals surface area contributed by atoms with Gasteiger partial charge in [-0.1, -0.05) is 6.07 Å². The maximum absolute atomic E-state index is 12.1. The fourth-order valence-electron chi connectivity index (χ4n) is 3.09. The van der Waals surface area contributed by atoms with E-state index in [9.17, 15) is 4.79 Å². The lowest BCUT2D eigenvalue weighted by molar-refractivity contribution is -0.148. The number of hydrogen-bond acceptors (Lipinski definition) is 8. The van der Waals surface area contributed by atoms with Crippen LogP contribution in [0, 0.1) is 12.8 Å². The number of nitrogens with one attached hydrogen (secondary N) is 1. The van der Waals surface area contributed by atoms with Gasteiger partial charge in [-0.05, 0) is 38.8 Å². The molecule has 2 aromatic heterocycles. The fraction of sp³-hybridized carbons (Fsp3) is 0.444. The summed E-state index contributed by atoms with van der Waals surface area (Å²) in [5, 5.41) is 3.14. The molecule has 0 spiro atoms. The average Bonchev–Trinajstić information content (AvgIpc) is 2.64. The topological polar surface area (TPSA) is 106 Å². The second-order valence-electron chi connectivity index (χ2n) is 6.29. The molecule has 0 aromatic carbocycles. The first-order valence-electron chi connectivity index (χ1n) is 8.81. The van der Waals surface area contributed by atoms with Crippen molar-refractivity contribution in [1.82, 2.24) is 15.0 Å². The normalized spacial score (nSPS) is 17.0. The van der Waals surface area contributed by atoms with Crippen LogP contribution in [0.1, 0.15) is 25.5 Å². The Morgan fingerprint density at radius 2 is 2.27 bits per heavy atom. The van der Waals surface area contributed by atoms with E-state index in [4.69, 9.17) is 10.5 Å². The Morgan fingerprint density at radius 3 is 3.04 bits per heavy atom. The molecule has 1 aliphatic heterocycles. The van der Waals surface area contributed by atoms with Crippen LogP contribution in [0.4, 0.5) is 23.1 Å². The third-order valence-corrected chi connectivity index (χ3v) is 4.34. The standard InChI is InChI=1S/C18H24N6O2/c1-3-26-18(25)13-7-5-9-24(10-13)17-15(19)16(20-11-21-17)23-14-8-4-6-12(2)22-14/h4,6,8,11,13H,3,5,7,9-10,19H2,1-2H3,(H,20,21,22,23). The first-order valence-corrected chi connectivity index (χ1v) is 8.81. The monoisotopic (exact) mass is 356 g/mol. The highest BCUT2D eigenvalue weighted by Crippen LogP contribution is 2.31. The number of hydrogen-bond donors (Lipinski definition) is 2. The van der Waals surface area contributed by atoms with E-state index in [-0.39, 0.29) is 11.9 Å². The highest BCUT2D eigenvalue weighted by Gasteiger charge is 2.29. The van der Waals surface area contributed by atoms with Crippen LogP contribution < -0.4 is 16.0 Å². The number of esters is 1. The Balaban J connectivity index is 1.79.